The van der Waals surface area contributed by atoms with Gasteiger partial charge in [0.15, 0.2) is 0 Å². The van der Waals surface area contributed by atoms with Gasteiger partial charge >= 0.3 is 0 Å². The molecule has 0 unspecified atom stereocenters. The molecule has 2 heteroatoms. The summed E-state index contributed by atoms with van der Waals surface area (Å²) >= 11 is 0. The van der Waals surface area contributed by atoms with E-state index in [0.717, 1.165) is 24.4 Å². The van der Waals surface area contributed by atoms with Crippen molar-refractivity contribution in [3.05, 3.63) is 23.7 Å². The van der Waals surface area contributed by atoms with Crippen molar-refractivity contribution >= 4 is 0 Å². The van der Waals surface area contributed by atoms with Crippen LogP contribution >= 0.6 is 0 Å². The zero-order valence-corrected chi connectivity index (χ0v) is 8.55. The fraction of sp³-hybridized carbons (Fsp3) is 0.636. The van der Waals surface area contributed by atoms with E-state index in [-0.39, 0.29) is 6.04 Å². The SMILES string of the molecule is CCCC[C@@H](N)c1ccc(CC)o1. The van der Waals surface area contributed by atoms with Crippen molar-refractivity contribution in [2.24, 2.45) is 5.73 Å². The molecule has 0 bridgehead atoms. The smallest absolute Gasteiger partial charge is 0.120 e. The monoisotopic (exact) mass is 181 g/mol. The van der Waals surface area contributed by atoms with Crippen LogP contribution in [-0.2, 0) is 6.42 Å². The van der Waals surface area contributed by atoms with Crippen LogP contribution in [0, 0.1) is 0 Å². The second-order valence-electron chi connectivity index (χ2n) is 3.41. The first-order valence-electron chi connectivity index (χ1n) is 5.12. The van der Waals surface area contributed by atoms with Crippen LogP contribution < -0.4 is 5.73 Å². The van der Waals surface area contributed by atoms with Crippen molar-refractivity contribution in [2.75, 3.05) is 0 Å². The van der Waals surface area contributed by atoms with Crippen LogP contribution in [0.1, 0.15) is 50.7 Å². The summed E-state index contributed by atoms with van der Waals surface area (Å²) in [4.78, 5) is 0. The van der Waals surface area contributed by atoms with Gasteiger partial charge < -0.3 is 10.2 Å². The summed E-state index contributed by atoms with van der Waals surface area (Å²) in [5.74, 6) is 1.97. The lowest BCUT2D eigenvalue weighted by molar-refractivity contribution is 0.420. The molecule has 74 valence electrons. The third-order valence-electron chi connectivity index (χ3n) is 2.27. The van der Waals surface area contributed by atoms with E-state index in [2.05, 4.69) is 13.8 Å². The number of hydrogen-bond acceptors (Lipinski definition) is 2. The van der Waals surface area contributed by atoms with Crippen molar-refractivity contribution in [2.45, 2.75) is 45.6 Å². The number of nitrogens with two attached hydrogens (primary N) is 1. The van der Waals surface area contributed by atoms with Gasteiger partial charge in [0.05, 0.1) is 6.04 Å². The van der Waals surface area contributed by atoms with Crippen molar-refractivity contribution in [3.63, 3.8) is 0 Å². The van der Waals surface area contributed by atoms with E-state index in [1.807, 2.05) is 12.1 Å². The van der Waals surface area contributed by atoms with Gasteiger partial charge in [-0.05, 0) is 18.6 Å². The third-order valence-corrected chi connectivity index (χ3v) is 2.27. The summed E-state index contributed by atoms with van der Waals surface area (Å²) < 4.78 is 5.57. The van der Waals surface area contributed by atoms with E-state index >= 15 is 0 Å². The predicted octanol–water partition coefficient (Wildman–Crippen LogP) is 3.03. The van der Waals surface area contributed by atoms with E-state index in [0.29, 0.717) is 0 Å². The lowest BCUT2D eigenvalue weighted by atomic mass is 10.1. The highest BCUT2D eigenvalue weighted by molar-refractivity contribution is 5.10. The maximum absolute atomic E-state index is 5.96. The van der Waals surface area contributed by atoms with Gasteiger partial charge in [-0.3, -0.25) is 0 Å². The Bertz CT molecular complexity index is 242. The summed E-state index contributed by atoms with van der Waals surface area (Å²) in [5.41, 5.74) is 5.96. The van der Waals surface area contributed by atoms with Crippen LogP contribution in [0.15, 0.2) is 16.5 Å². The van der Waals surface area contributed by atoms with Gasteiger partial charge in [-0.1, -0.05) is 26.7 Å². The molecule has 0 aliphatic carbocycles. The second-order valence-corrected chi connectivity index (χ2v) is 3.41. The highest BCUT2D eigenvalue weighted by Gasteiger charge is 2.09. The lowest BCUT2D eigenvalue weighted by Gasteiger charge is -2.06. The first kappa shape index (κ1) is 10.3. The van der Waals surface area contributed by atoms with Crippen LogP contribution in [-0.4, -0.2) is 0 Å². The van der Waals surface area contributed by atoms with Crippen LogP contribution in [0.3, 0.4) is 0 Å². The molecule has 0 radical (unpaired) electrons. The van der Waals surface area contributed by atoms with E-state index in [1.54, 1.807) is 0 Å². The lowest BCUT2D eigenvalue weighted by Crippen LogP contribution is -2.08. The Morgan fingerprint density at radius 1 is 1.38 bits per heavy atom. The number of furan rings is 1. The van der Waals surface area contributed by atoms with Gasteiger partial charge in [0.25, 0.3) is 0 Å². The molecular weight excluding hydrogens is 162 g/mol. The Morgan fingerprint density at radius 2 is 2.15 bits per heavy atom. The molecule has 1 rings (SSSR count). The molecule has 0 fully saturated rings. The largest absolute Gasteiger partial charge is 0.464 e. The molecular formula is C11H19NO. The summed E-state index contributed by atoms with van der Waals surface area (Å²) in [6, 6.07) is 4.10. The van der Waals surface area contributed by atoms with Gasteiger partial charge in [0, 0.05) is 6.42 Å². The van der Waals surface area contributed by atoms with Gasteiger partial charge in [-0.2, -0.15) is 0 Å². The summed E-state index contributed by atoms with van der Waals surface area (Å²) in [5, 5.41) is 0. The van der Waals surface area contributed by atoms with Crippen molar-refractivity contribution in [1.82, 2.24) is 0 Å². The number of unbranched alkanes of at least 4 members (excludes halogenated alkanes) is 1. The molecule has 1 heterocycles. The third kappa shape index (κ3) is 2.88. The average Bonchev–Trinajstić information content (AvgIpc) is 2.62. The van der Waals surface area contributed by atoms with Gasteiger partial charge in [-0.25, -0.2) is 0 Å². The maximum atomic E-state index is 5.96. The topological polar surface area (TPSA) is 39.2 Å². The minimum absolute atomic E-state index is 0.0836. The fourth-order valence-electron chi connectivity index (χ4n) is 1.35. The molecule has 0 amide bonds. The molecule has 0 saturated heterocycles. The zero-order chi connectivity index (χ0) is 9.68. The number of aryl methyl sites for hydroxylation is 1. The van der Waals surface area contributed by atoms with Gasteiger partial charge in [-0.15, -0.1) is 0 Å². The molecule has 2 nitrogen and oxygen atoms in total. The Hall–Kier alpha value is -0.760. The molecule has 1 atom stereocenters. The van der Waals surface area contributed by atoms with Crippen LogP contribution in [0.2, 0.25) is 0 Å². The van der Waals surface area contributed by atoms with E-state index in [1.165, 1.54) is 12.8 Å². The van der Waals surface area contributed by atoms with Crippen LogP contribution in [0.5, 0.6) is 0 Å². The minimum Gasteiger partial charge on any atom is -0.464 e. The Morgan fingerprint density at radius 3 is 2.69 bits per heavy atom. The van der Waals surface area contributed by atoms with E-state index < -0.39 is 0 Å². The van der Waals surface area contributed by atoms with E-state index in [9.17, 15) is 0 Å². The second kappa shape index (κ2) is 5.07. The molecule has 0 aliphatic rings. The zero-order valence-electron chi connectivity index (χ0n) is 8.55. The normalized spacial score (nSPS) is 13.2. The maximum Gasteiger partial charge on any atom is 0.120 e. The van der Waals surface area contributed by atoms with Gasteiger partial charge in [0.1, 0.15) is 11.5 Å². The Labute approximate surface area is 80.1 Å². The summed E-state index contributed by atoms with van der Waals surface area (Å²) in [6.07, 6.45) is 4.33. The van der Waals surface area contributed by atoms with Crippen LogP contribution in [0.25, 0.3) is 0 Å². The fourth-order valence-corrected chi connectivity index (χ4v) is 1.35. The summed E-state index contributed by atoms with van der Waals surface area (Å²) in [7, 11) is 0. The molecule has 0 saturated carbocycles. The Balaban J connectivity index is 2.50. The van der Waals surface area contributed by atoms with Gasteiger partial charge in [0.2, 0.25) is 0 Å². The number of rotatable bonds is 5. The van der Waals surface area contributed by atoms with Crippen molar-refractivity contribution in [1.29, 1.82) is 0 Å². The minimum atomic E-state index is 0.0836. The van der Waals surface area contributed by atoms with Crippen molar-refractivity contribution in [3.8, 4) is 0 Å². The molecule has 2 N–H and O–H groups in total. The highest BCUT2D eigenvalue weighted by atomic mass is 16.3. The first-order chi connectivity index (χ1) is 6.27. The molecule has 0 aliphatic heterocycles. The molecule has 0 aromatic carbocycles. The molecule has 0 spiro atoms. The van der Waals surface area contributed by atoms with E-state index in [4.69, 9.17) is 10.2 Å². The Kier molecular flexibility index (Phi) is 4.03. The van der Waals surface area contributed by atoms with Crippen LogP contribution in [0.4, 0.5) is 0 Å². The molecule has 1 aromatic heterocycles. The average molecular weight is 181 g/mol. The highest BCUT2D eigenvalue weighted by Crippen LogP contribution is 2.19. The standard InChI is InChI=1S/C11H19NO/c1-3-5-6-10(12)11-8-7-9(4-2)13-11/h7-8,10H,3-6,12H2,1-2H3/t10-/m1/s1. The number of hydrogen-bond donors (Lipinski definition) is 1. The predicted molar refractivity (Wildman–Crippen MR) is 54.5 cm³/mol. The quantitative estimate of drug-likeness (QED) is 0.758. The molecule has 13 heavy (non-hydrogen) atoms. The summed E-state index contributed by atoms with van der Waals surface area (Å²) in [6.45, 7) is 4.26. The van der Waals surface area contributed by atoms with Crippen molar-refractivity contribution < 1.29 is 4.42 Å². The first-order valence-corrected chi connectivity index (χ1v) is 5.12. The molecule has 1 aromatic rings.